The van der Waals surface area contributed by atoms with Gasteiger partial charge >= 0.3 is 0 Å². The van der Waals surface area contributed by atoms with Crippen LogP contribution in [-0.4, -0.2) is 13.2 Å². The normalized spacial score (nSPS) is 11.5. The largest absolute Gasteiger partial charge is 0.493 e. The molecular weight excluding hydrogens is 329 g/mol. The van der Waals surface area contributed by atoms with Crippen LogP contribution >= 0.6 is 12.4 Å². The zero-order chi connectivity index (χ0) is 16.7. The van der Waals surface area contributed by atoms with Crippen molar-refractivity contribution in [2.24, 2.45) is 0 Å². The highest BCUT2D eigenvalue weighted by molar-refractivity contribution is 5.85. The lowest BCUT2D eigenvalue weighted by Gasteiger charge is -2.14. The quantitative estimate of drug-likeness (QED) is 0.744. The lowest BCUT2D eigenvalue weighted by Crippen LogP contribution is -2.24. The third-order valence-electron chi connectivity index (χ3n) is 3.84. The highest BCUT2D eigenvalue weighted by Crippen LogP contribution is 2.29. The lowest BCUT2D eigenvalue weighted by molar-refractivity contribution is 0.279. The Morgan fingerprint density at radius 1 is 1.12 bits per heavy atom. The van der Waals surface area contributed by atoms with Crippen LogP contribution in [0.1, 0.15) is 31.4 Å². The molecule has 0 fully saturated rings. The summed E-state index contributed by atoms with van der Waals surface area (Å²) < 4.78 is 24.7. The first-order chi connectivity index (χ1) is 11.1. The summed E-state index contributed by atoms with van der Waals surface area (Å²) in [5.41, 5.74) is 1.65. The van der Waals surface area contributed by atoms with Crippen molar-refractivity contribution in [3.63, 3.8) is 0 Å². The molecule has 3 nitrogen and oxygen atoms in total. The first-order valence-corrected chi connectivity index (χ1v) is 7.90. The van der Waals surface area contributed by atoms with Gasteiger partial charge in [0.05, 0.1) is 7.11 Å². The second-order valence-corrected chi connectivity index (χ2v) is 5.56. The smallest absolute Gasteiger partial charge is 0.161 e. The maximum absolute atomic E-state index is 13.6. The second-order valence-electron chi connectivity index (χ2n) is 5.56. The van der Waals surface area contributed by atoms with Crippen LogP contribution < -0.4 is 14.8 Å². The van der Waals surface area contributed by atoms with Crippen LogP contribution in [0.2, 0.25) is 0 Å². The monoisotopic (exact) mass is 353 g/mol. The molecule has 2 aromatic carbocycles. The predicted octanol–water partition coefficient (Wildman–Crippen LogP) is 4.72. The van der Waals surface area contributed by atoms with E-state index in [1.807, 2.05) is 18.2 Å². The van der Waals surface area contributed by atoms with Gasteiger partial charge in [0.1, 0.15) is 12.4 Å². The number of benzene rings is 2. The summed E-state index contributed by atoms with van der Waals surface area (Å²) in [5.74, 6) is 1.01. The molecule has 0 aromatic heterocycles. The summed E-state index contributed by atoms with van der Waals surface area (Å²) in [6.07, 6.45) is 1.08. The van der Waals surface area contributed by atoms with Gasteiger partial charge in [0.15, 0.2) is 11.5 Å². The van der Waals surface area contributed by atoms with Gasteiger partial charge in [-0.05, 0) is 37.1 Å². The topological polar surface area (TPSA) is 30.5 Å². The van der Waals surface area contributed by atoms with E-state index in [9.17, 15) is 4.39 Å². The number of hydrogen-bond acceptors (Lipinski definition) is 3. The van der Waals surface area contributed by atoms with Crippen LogP contribution in [-0.2, 0) is 13.2 Å². The van der Waals surface area contributed by atoms with Crippen LogP contribution in [0.3, 0.4) is 0 Å². The van der Waals surface area contributed by atoms with Crippen LogP contribution in [0.25, 0.3) is 0 Å². The average molecular weight is 354 g/mol. The molecule has 0 bridgehead atoms. The molecule has 1 N–H and O–H groups in total. The first kappa shape index (κ1) is 20.3. The van der Waals surface area contributed by atoms with E-state index in [1.54, 1.807) is 25.3 Å². The maximum atomic E-state index is 13.6. The summed E-state index contributed by atoms with van der Waals surface area (Å²) in [7, 11) is 1.61. The molecule has 0 saturated carbocycles. The Bertz CT molecular complexity index is 637. The van der Waals surface area contributed by atoms with Crippen molar-refractivity contribution in [3.05, 3.63) is 59.4 Å². The van der Waals surface area contributed by atoms with Gasteiger partial charge < -0.3 is 14.8 Å². The van der Waals surface area contributed by atoms with Crippen molar-refractivity contribution >= 4 is 12.4 Å². The molecule has 5 heteroatoms. The molecule has 0 aliphatic heterocycles. The molecule has 2 rings (SSSR count). The van der Waals surface area contributed by atoms with Gasteiger partial charge in [-0.15, -0.1) is 12.4 Å². The summed E-state index contributed by atoms with van der Waals surface area (Å²) in [5, 5.41) is 3.44. The molecule has 0 aliphatic rings. The minimum absolute atomic E-state index is 0. The molecule has 0 amide bonds. The Morgan fingerprint density at radius 2 is 1.88 bits per heavy atom. The lowest BCUT2D eigenvalue weighted by atomic mass is 10.1. The van der Waals surface area contributed by atoms with Crippen molar-refractivity contribution in [2.75, 3.05) is 7.11 Å². The van der Waals surface area contributed by atoms with Crippen LogP contribution in [0, 0.1) is 5.82 Å². The van der Waals surface area contributed by atoms with E-state index >= 15 is 0 Å². The predicted molar refractivity (Wildman–Crippen MR) is 97.6 cm³/mol. The van der Waals surface area contributed by atoms with E-state index in [-0.39, 0.29) is 24.8 Å². The Hall–Kier alpha value is -1.78. The van der Waals surface area contributed by atoms with Gasteiger partial charge in [-0.1, -0.05) is 31.2 Å². The summed E-state index contributed by atoms with van der Waals surface area (Å²) >= 11 is 0. The molecule has 0 aliphatic carbocycles. The van der Waals surface area contributed by atoms with E-state index in [2.05, 4.69) is 19.2 Å². The van der Waals surface area contributed by atoms with Crippen molar-refractivity contribution in [3.8, 4) is 11.5 Å². The molecule has 0 spiro atoms. The zero-order valence-electron chi connectivity index (χ0n) is 14.3. The van der Waals surface area contributed by atoms with E-state index in [0.29, 0.717) is 23.1 Å². The number of halogens is 2. The first-order valence-electron chi connectivity index (χ1n) is 7.90. The van der Waals surface area contributed by atoms with Gasteiger partial charge in [-0.3, -0.25) is 0 Å². The van der Waals surface area contributed by atoms with Crippen LogP contribution in [0.5, 0.6) is 11.5 Å². The van der Waals surface area contributed by atoms with Crippen molar-refractivity contribution in [2.45, 2.75) is 39.5 Å². The fourth-order valence-electron chi connectivity index (χ4n) is 2.15. The second kappa shape index (κ2) is 10.2. The third-order valence-corrected chi connectivity index (χ3v) is 3.84. The van der Waals surface area contributed by atoms with Crippen LogP contribution in [0.15, 0.2) is 42.5 Å². The fraction of sp³-hybridized carbons (Fsp3) is 0.368. The summed E-state index contributed by atoms with van der Waals surface area (Å²) in [4.78, 5) is 0. The molecule has 2 aromatic rings. The summed E-state index contributed by atoms with van der Waals surface area (Å²) in [6.45, 7) is 5.26. The molecular formula is C19H25ClFNO2. The van der Waals surface area contributed by atoms with Crippen molar-refractivity contribution in [1.82, 2.24) is 5.32 Å². The van der Waals surface area contributed by atoms with Gasteiger partial charge in [0, 0.05) is 18.2 Å². The number of nitrogens with one attached hydrogen (secondary N) is 1. The van der Waals surface area contributed by atoms with Crippen molar-refractivity contribution < 1.29 is 13.9 Å². The Labute approximate surface area is 149 Å². The number of rotatable bonds is 8. The minimum Gasteiger partial charge on any atom is -0.493 e. The van der Waals surface area contributed by atoms with E-state index < -0.39 is 0 Å². The number of methoxy groups -OCH3 is 1. The molecule has 132 valence electrons. The van der Waals surface area contributed by atoms with E-state index in [1.165, 1.54) is 6.07 Å². The van der Waals surface area contributed by atoms with Crippen LogP contribution in [0.4, 0.5) is 4.39 Å². The fourth-order valence-corrected chi connectivity index (χ4v) is 2.15. The summed E-state index contributed by atoms with van der Waals surface area (Å²) in [6, 6.07) is 12.9. The van der Waals surface area contributed by atoms with Gasteiger partial charge in [-0.25, -0.2) is 4.39 Å². The highest BCUT2D eigenvalue weighted by atomic mass is 35.5. The van der Waals surface area contributed by atoms with E-state index in [4.69, 9.17) is 9.47 Å². The minimum atomic E-state index is -0.263. The molecule has 0 saturated heterocycles. The highest BCUT2D eigenvalue weighted by Gasteiger charge is 2.08. The SMILES string of the molecule is CCC(C)NCc1ccc(OCc2ccccc2F)c(OC)c1.Cl. The zero-order valence-corrected chi connectivity index (χ0v) is 15.2. The third kappa shape index (κ3) is 5.69. The van der Waals surface area contributed by atoms with Gasteiger partial charge in [-0.2, -0.15) is 0 Å². The Kier molecular flexibility index (Phi) is 8.58. The standard InChI is InChI=1S/C19H24FNO2.ClH/c1-4-14(2)21-12-15-9-10-18(19(11-15)22-3)23-13-16-7-5-6-8-17(16)20;/h5-11,14,21H,4,12-13H2,1-3H3;1H. The Balaban J connectivity index is 0.00000288. The Morgan fingerprint density at radius 3 is 2.54 bits per heavy atom. The van der Waals surface area contributed by atoms with E-state index in [0.717, 1.165) is 18.5 Å². The molecule has 0 heterocycles. The van der Waals surface area contributed by atoms with Gasteiger partial charge in [0.2, 0.25) is 0 Å². The van der Waals surface area contributed by atoms with Crippen molar-refractivity contribution in [1.29, 1.82) is 0 Å². The maximum Gasteiger partial charge on any atom is 0.161 e. The average Bonchev–Trinajstić information content (AvgIpc) is 2.59. The molecule has 0 radical (unpaired) electrons. The molecule has 24 heavy (non-hydrogen) atoms. The molecule has 1 atom stereocenters. The number of hydrogen-bond donors (Lipinski definition) is 1. The number of ether oxygens (including phenoxy) is 2. The van der Waals surface area contributed by atoms with Gasteiger partial charge in [0.25, 0.3) is 0 Å². The molecule has 1 unspecified atom stereocenters.